The molecule has 5 heteroatoms. The molecular weight excluding hydrogens is 301 g/mol. The van der Waals surface area contributed by atoms with Crippen molar-refractivity contribution in [3.8, 4) is 11.5 Å². The lowest BCUT2D eigenvalue weighted by Crippen LogP contribution is -2.05. The molecule has 0 amide bonds. The van der Waals surface area contributed by atoms with Crippen molar-refractivity contribution in [3.63, 3.8) is 0 Å². The zero-order valence-corrected chi connectivity index (χ0v) is 11.2. The Morgan fingerprint density at radius 2 is 1.94 bits per heavy atom. The summed E-state index contributed by atoms with van der Waals surface area (Å²) in [4.78, 5) is 5.36. The highest BCUT2D eigenvalue weighted by atomic mass is 79.9. The maximum absolute atomic E-state index is 13.0. The minimum absolute atomic E-state index is 0.327. The van der Waals surface area contributed by atoms with Crippen molar-refractivity contribution in [2.75, 3.05) is 12.6 Å². The minimum atomic E-state index is -0.327. The van der Waals surface area contributed by atoms with Gasteiger partial charge < -0.3 is 9.57 Å². The number of methoxy groups -OCH3 is 1. The van der Waals surface area contributed by atoms with E-state index < -0.39 is 0 Å². The average Bonchev–Trinajstić information content (AvgIpc) is 2.37. The van der Waals surface area contributed by atoms with Crippen molar-refractivity contribution in [1.82, 2.24) is 0 Å². The van der Waals surface area contributed by atoms with Crippen molar-refractivity contribution in [2.24, 2.45) is 0 Å². The third kappa shape index (κ3) is 3.13. The molecule has 0 aromatic heterocycles. The van der Waals surface area contributed by atoms with E-state index in [1.54, 1.807) is 31.4 Å². The largest absolute Gasteiger partial charge is 0.493 e. The summed E-state index contributed by atoms with van der Waals surface area (Å²) in [5, 5.41) is 0. The molecule has 0 heterocycles. The van der Waals surface area contributed by atoms with Crippen LogP contribution in [0.15, 0.2) is 46.9 Å². The fraction of sp³-hybridized carbons (Fsp3) is 0.0769. The van der Waals surface area contributed by atoms with Gasteiger partial charge in [0, 0.05) is 10.5 Å². The number of rotatable bonds is 4. The van der Waals surface area contributed by atoms with Gasteiger partial charge in [0.1, 0.15) is 5.82 Å². The monoisotopic (exact) mass is 311 g/mol. The number of anilines is 1. The smallest absolute Gasteiger partial charge is 0.196 e. The molecule has 0 aliphatic rings. The van der Waals surface area contributed by atoms with Gasteiger partial charge in [-0.3, -0.25) is 0 Å². The van der Waals surface area contributed by atoms with Crippen LogP contribution in [0.2, 0.25) is 0 Å². The highest BCUT2D eigenvalue weighted by Gasteiger charge is 2.05. The molecule has 2 aromatic rings. The Hall–Kier alpha value is -1.75. The van der Waals surface area contributed by atoms with Crippen LogP contribution < -0.4 is 15.1 Å². The molecule has 0 spiro atoms. The summed E-state index contributed by atoms with van der Waals surface area (Å²) in [6.07, 6.45) is 0. The number of hydrogen-bond donors (Lipinski definition) is 1. The van der Waals surface area contributed by atoms with Gasteiger partial charge in [0.15, 0.2) is 11.5 Å². The molecule has 0 radical (unpaired) electrons. The highest BCUT2D eigenvalue weighted by molar-refractivity contribution is 9.10. The molecule has 2 aromatic carbocycles. The number of ether oxygens (including phenoxy) is 1. The molecule has 0 saturated heterocycles. The Kier molecular flexibility index (Phi) is 4.04. The summed E-state index contributed by atoms with van der Waals surface area (Å²) in [6, 6.07) is 11.4. The van der Waals surface area contributed by atoms with Gasteiger partial charge in [-0.25, -0.2) is 9.87 Å². The summed E-state index contributed by atoms with van der Waals surface area (Å²) in [7, 11) is 1.55. The summed E-state index contributed by atoms with van der Waals surface area (Å²) in [5.41, 5.74) is 3.19. The number of halogens is 2. The molecule has 1 N–H and O–H groups in total. The highest BCUT2D eigenvalue weighted by Crippen LogP contribution is 2.30. The Labute approximate surface area is 113 Å². The van der Waals surface area contributed by atoms with Crippen LogP contribution in [0, 0.1) is 5.82 Å². The first-order chi connectivity index (χ1) is 8.69. The van der Waals surface area contributed by atoms with Gasteiger partial charge in [-0.2, -0.15) is 0 Å². The summed E-state index contributed by atoms with van der Waals surface area (Å²) in [5.74, 6) is 0.768. The quantitative estimate of drug-likeness (QED) is 0.866. The first-order valence-electron chi connectivity index (χ1n) is 5.21. The maximum Gasteiger partial charge on any atom is 0.196 e. The maximum atomic E-state index is 13.0. The topological polar surface area (TPSA) is 30.5 Å². The Morgan fingerprint density at radius 1 is 1.11 bits per heavy atom. The Bertz CT molecular complexity index is 548. The fourth-order valence-corrected chi connectivity index (χ4v) is 1.73. The molecular formula is C13H11BrFNO2. The number of benzene rings is 2. The van der Waals surface area contributed by atoms with Gasteiger partial charge in [-0.05, 0) is 30.3 Å². The van der Waals surface area contributed by atoms with E-state index in [2.05, 4.69) is 21.4 Å². The van der Waals surface area contributed by atoms with E-state index in [0.29, 0.717) is 17.2 Å². The van der Waals surface area contributed by atoms with Gasteiger partial charge in [-0.1, -0.05) is 22.0 Å². The second-order valence-electron chi connectivity index (χ2n) is 3.51. The van der Waals surface area contributed by atoms with Gasteiger partial charge in [0.2, 0.25) is 0 Å². The second-order valence-corrected chi connectivity index (χ2v) is 4.43. The van der Waals surface area contributed by atoms with Crippen molar-refractivity contribution >= 4 is 21.6 Å². The lowest BCUT2D eigenvalue weighted by atomic mass is 10.3. The van der Waals surface area contributed by atoms with Crippen LogP contribution in [-0.2, 0) is 0 Å². The predicted molar refractivity (Wildman–Crippen MR) is 71.3 cm³/mol. The number of hydrogen-bond acceptors (Lipinski definition) is 3. The van der Waals surface area contributed by atoms with Gasteiger partial charge in [-0.15, -0.1) is 0 Å². The molecule has 3 nitrogen and oxygen atoms in total. The van der Waals surface area contributed by atoms with Crippen molar-refractivity contribution < 1.29 is 14.0 Å². The molecule has 0 bridgehead atoms. The molecule has 0 atom stereocenters. The van der Waals surface area contributed by atoms with Gasteiger partial charge >= 0.3 is 0 Å². The summed E-state index contributed by atoms with van der Waals surface area (Å²) >= 11 is 3.34. The normalized spacial score (nSPS) is 9.94. The molecule has 0 aliphatic carbocycles. The lowest BCUT2D eigenvalue weighted by molar-refractivity contribution is 0.350. The molecule has 94 valence electrons. The Balaban J connectivity index is 2.10. The molecule has 0 unspecified atom stereocenters. The van der Waals surface area contributed by atoms with E-state index in [-0.39, 0.29) is 5.82 Å². The van der Waals surface area contributed by atoms with Crippen LogP contribution in [0.25, 0.3) is 0 Å². The van der Waals surface area contributed by atoms with Crippen molar-refractivity contribution in [2.45, 2.75) is 0 Å². The molecule has 2 rings (SSSR count). The van der Waals surface area contributed by atoms with Crippen LogP contribution in [0.1, 0.15) is 0 Å². The second kappa shape index (κ2) is 5.73. The first-order valence-corrected chi connectivity index (χ1v) is 6.00. The zero-order valence-electron chi connectivity index (χ0n) is 9.61. The van der Waals surface area contributed by atoms with E-state index in [4.69, 9.17) is 9.57 Å². The van der Waals surface area contributed by atoms with E-state index in [1.807, 2.05) is 6.07 Å². The zero-order chi connectivity index (χ0) is 13.0. The van der Waals surface area contributed by atoms with E-state index in [9.17, 15) is 4.39 Å². The van der Waals surface area contributed by atoms with Crippen molar-refractivity contribution in [1.29, 1.82) is 0 Å². The summed E-state index contributed by atoms with van der Waals surface area (Å²) < 4.78 is 19.0. The fourth-order valence-electron chi connectivity index (χ4n) is 1.39. The number of nitrogens with one attached hydrogen (secondary N) is 1. The van der Waals surface area contributed by atoms with Gasteiger partial charge in [0.05, 0.1) is 12.8 Å². The Morgan fingerprint density at radius 3 is 2.67 bits per heavy atom. The van der Waals surface area contributed by atoms with Crippen LogP contribution in [0.3, 0.4) is 0 Å². The standard InChI is InChI=1S/C13H11BrFNO2/c1-17-13-7-9(14)5-6-12(13)18-16-11-4-2-3-10(15)8-11/h2-8,16H,1H3. The minimum Gasteiger partial charge on any atom is -0.493 e. The molecule has 0 saturated carbocycles. The first kappa shape index (κ1) is 12.7. The molecule has 18 heavy (non-hydrogen) atoms. The summed E-state index contributed by atoms with van der Waals surface area (Å²) in [6.45, 7) is 0. The molecule has 0 aliphatic heterocycles. The lowest BCUT2D eigenvalue weighted by Gasteiger charge is -2.11. The predicted octanol–water partition coefficient (Wildman–Crippen LogP) is 4.00. The van der Waals surface area contributed by atoms with E-state index in [1.165, 1.54) is 12.1 Å². The third-order valence-corrected chi connectivity index (χ3v) is 2.72. The molecule has 0 fully saturated rings. The van der Waals surface area contributed by atoms with E-state index in [0.717, 1.165) is 4.47 Å². The van der Waals surface area contributed by atoms with Crippen LogP contribution in [0.5, 0.6) is 11.5 Å². The van der Waals surface area contributed by atoms with Crippen molar-refractivity contribution in [3.05, 3.63) is 52.8 Å². The van der Waals surface area contributed by atoms with Crippen LogP contribution in [-0.4, -0.2) is 7.11 Å². The van der Waals surface area contributed by atoms with Crippen LogP contribution >= 0.6 is 15.9 Å². The third-order valence-electron chi connectivity index (χ3n) is 2.23. The SMILES string of the molecule is COc1cc(Br)ccc1ONc1cccc(F)c1. The average molecular weight is 312 g/mol. The van der Waals surface area contributed by atoms with Crippen LogP contribution in [0.4, 0.5) is 10.1 Å². The van der Waals surface area contributed by atoms with E-state index >= 15 is 0 Å². The van der Waals surface area contributed by atoms with Gasteiger partial charge in [0.25, 0.3) is 0 Å².